The standard InChI is InChI=1S/C21H30N2O4/c1-14-7-9-22-18(21(25-6)12-26-13-21)17(14)16-8-10-23(15(2)11-16)19(24)27-20(3,4)5/h7,9,11,15H,8,10,12-13H2,1-6H3/t15-/m1/s1. The Morgan fingerprint density at radius 1 is 1.37 bits per heavy atom. The minimum atomic E-state index is -0.497. The molecule has 1 amide bonds. The molecule has 1 saturated heterocycles. The lowest BCUT2D eigenvalue weighted by molar-refractivity contribution is -0.204. The van der Waals surface area contributed by atoms with Gasteiger partial charge in [0.05, 0.1) is 24.9 Å². The van der Waals surface area contributed by atoms with Crippen LogP contribution >= 0.6 is 0 Å². The molecule has 1 atom stereocenters. The summed E-state index contributed by atoms with van der Waals surface area (Å²) in [7, 11) is 1.71. The lowest BCUT2D eigenvalue weighted by atomic mass is 9.85. The summed E-state index contributed by atoms with van der Waals surface area (Å²) in [6, 6.07) is 1.97. The second kappa shape index (κ2) is 7.24. The van der Waals surface area contributed by atoms with Crippen molar-refractivity contribution in [2.75, 3.05) is 26.9 Å². The SMILES string of the molecule is COC1(c2nccc(C)c2C2=C[C@@H](C)N(C(=O)OC(C)(C)C)CC2)COC1. The first-order valence-corrected chi connectivity index (χ1v) is 9.46. The van der Waals surface area contributed by atoms with E-state index in [0.717, 1.165) is 23.2 Å². The number of aryl methyl sites for hydroxylation is 1. The topological polar surface area (TPSA) is 60.9 Å². The Kier molecular flexibility index (Phi) is 5.32. The quantitative estimate of drug-likeness (QED) is 0.808. The van der Waals surface area contributed by atoms with E-state index in [4.69, 9.17) is 14.2 Å². The third-order valence-corrected chi connectivity index (χ3v) is 5.16. The predicted molar refractivity (Wildman–Crippen MR) is 103 cm³/mol. The van der Waals surface area contributed by atoms with E-state index >= 15 is 0 Å². The first-order chi connectivity index (χ1) is 12.7. The molecule has 1 fully saturated rings. The molecule has 1 aromatic rings. The van der Waals surface area contributed by atoms with Crippen LogP contribution in [0.25, 0.3) is 5.57 Å². The second-order valence-electron chi connectivity index (χ2n) is 8.40. The van der Waals surface area contributed by atoms with Gasteiger partial charge in [-0.2, -0.15) is 0 Å². The van der Waals surface area contributed by atoms with Gasteiger partial charge in [0.25, 0.3) is 0 Å². The van der Waals surface area contributed by atoms with Crippen LogP contribution in [0.1, 0.15) is 50.9 Å². The van der Waals surface area contributed by atoms with Gasteiger partial charge in [0, 0.05) is 25.4 Å². The van der Waals surface area contributed by atoms with E-state index in [9.17, 15) is 4.79 Å². The Morgan fingerprint density at radius 3 is 2.59 bits per heavy atom. The van der Waals surface area contributed by atoms with Crippen molar-refractivity contribution < 1.29 is 19.0 Å². The summed E-state index contributed by atoms with van der Waals surface area (Å²) < 4.78 is 16.8. The number of methoxy groups -OCH3 is 1. The van der Waals surface area contributed by atoms with Gasteiger partial charge in [-0.05, 0) is 58.2 Å². The minimum Gasteiger partial charge on any atom is -0.444 e. The molecule has 0 N–H and O–H groups in total. The Hall–Kier alpha value is -1.92. The number of aromatic nitrogens is 1. The van der Waals surface area contributed by atoms with Gasteiger partial charge in [0.2, 0.25) is 0 Å². The molecule has 0 unspecified atom stereocenters. The van der Waals surface area contributed by atoms with Crippen molar-refractivity contribution in [3.63, 3.8) is 0 Å². The van der Waals surface area contributed by atoms with E-state index in [2.05, 4.69) is 18.0 Å². The Morgan fingerprint density at radius 2 is 2.07 bits per heavy atom. The monoisotopic (exact) mass is 374 g/mol. The van der Waals surface area contributed by atoms with Crippen molar-refractivity contribution in [3.8, 4) is 0 Å². The van der Waals surface area contributed by atoms with Gasteiger partial charge in [0.15, 0.2) is 5.60 Å². The van der Waals surface area contributed by atoms with Crippen LogP contribution < -0.4 is 0 Å². The van der Waals surface area contributed by atoms with Gasteiger partial charge < -0.3 is 19.1 Å². The summed E-state index contributed by atoms with van der Waals surface area (Å²) in [6.45, 7) is 11.4. The zero-order valence-corrected chi connectivity index (χ0v) is 17.2. The van der Waals surface area contributed by atoms with E-state index < -0.39 is 11.2 Å². The average molecular weight is 374 g/mol. The van der Waals surface area contributed by atoms with Crippen LogP contribution in [0.2, 0.25) is 0 Å². The van der Waals surface area contributed by atoms with Crippen LogP contribution in [0.3, 0.4) is 0 Å². The van der Waals surface area contributed by atoms with Crippen molar-refractivity contribution in [3.05, 3.63) is 35.2 Å². The summed E-state index contributed by atoms with van der Waals surface area (Å²) >= 11 is 0. The molecular weight excluding hydrogens is 344 g/mol. The van der Waals surface area contributed by atoms with Crippen molar-refractivity contribution in [2.45, 2.75) is 58.3 Å². The average Bonchev–Trinajstić information content (AvgIpc) is 2.52. The number of ether oxygens (including phenoxy) is 3. The Labute approximate surface area is 161 Å². The van der Waals surface area contributed by atoms with E-state index in [1.54, 1.807) is 12.0 Å². The molecule has 148 valence electrons. The van der Waals surface area contributed by atoms with Gasteiger partial charge in [0.1, 0.15) is 5.60 Å². The zero-order valence-electron chi connectivity index (χ0n) is 17.2. The first kappa shape index (κ1) is 19.8. The highest BCUT2D eigenvalue weighted by atomic mass is 16.6. The van der Waals surface area contributed by atoms with Crippen LogP contribution in [-0.4, -0.2) is 54.5 Å². The molecule has 1 aromatic heterocycles. The van der Waals surface area contributed by atoms with Gasteiger partial charge in [-0.25, -0.2) is 4.79 Å². The third kappa shape index (κ3) is 3.87. The molecule has 27 heavy (non-hydrogen) atoms. The highest BCUT2D eigenvalue weighted by Gasteiger charge is 2.44. The highest BCUT2D eigenvalue weighted by Crippen LogP contribution is 2.39. The van der Waals surface area contributed by atoms with Gasteiger partial charge in [-0.15, -0.1) is 0 Å². The molecule has 0 spiro atoms. The number of hydrogen-bond donors (Lipinski definition) is 0. The predicted octanol–water partition coefficient (Wildman–Crippen LogP) is 3.67. The molecule has 0 bridgehead atoms. The van der Waals surface area contributed by atoms with Crippen LogP contribution in [0.4, 0.5) is 4.79 Å². The van der Waals surface area contributed by atoms with Gasteiger partial charge >= 0.3 is 6.09 Å². The molecule has 6 heteroatoms. The van der Waals surface area contributed by atoms with E-state index in [-0.39, 0.29) is 12.1 Å². The number of rotatable bonds is 3. The molecule has 0 aromatic carbocycles. The van der Waals surface area contributed by atoms with Crippen molar-refractivity contribution in [2.24, 2.45) is 0 Å². The van der Waals surface area contributed by atoms with Crippen LogP contribution in [0.5, 0.6) is 0 Å². The van der Waals surface area contributed by atoms with E-state index in [0.29, 0.717) is 19.8 Å². The number of pyridine rings is 1. The zero-order chi connectivity index (χ0) is 19.8. The van der Waals surface area contributed by atoms with Crippen molar-refractivity contribution in [1.29, 1.82) is 0 Å². The number of hydrogen-bond acceptors (Lipinski definition) is 5. The summed E-state index contributed by atoms with van der Waals surface area (Å²) in [5, 5.41) is 0. The maximum Gasteiger partial charge on any atom is 0.410 e. The molecule has 0 aliphatic carbocycles. The normalized spacial score (nSPS) is 22.1. The molecule has 0 saturated carbocycles. The van der Waals surface area contributed by atoms with E-state index in [1.807, 2.05) is 40.0 Å². The number of carbonyl (C=O) groups is 1. The smallest absolute Gasteiger partial charge is 0.410 e. The molecule has 3 heterocycles. The largest absolute Gasteiger partial charge is 0.444 e. The molecular formula is C21H30N2O4. The third-order valence-electron chi connectivity index (χ3n) is 5.16. The van der Waals surface area contributed by atoms with Gasteiger partial charge in [-0.1, -0.05) is 6.08 Å². The van der Waals surface area contributed by atoms with Crippen LogP contribution in [0, 0.1) is 6.92 Å². The fourth-order valence-corrected chi connectivity index (χ4v) is 3.64. The summed E-state index contributed by atoms with van der Waals surface area (Å²) in [5.41, 5.74) is 3.44. The maximum atomic E-state index is 12.5. The molecule has 0 radical (unpaired) electrons. The van der Waals surface area contributed by atoms with E-state index in [1.165, 1.54) is 5.57 Å². The van der Waals surface area contributed by atoms with Crippen LogP contribution in [0.15, 0.2) is 18.3 Å². The number of carbonyl (C=O) groups excluding carboxylic acids is 1. The molecule has 2 aliphatic rings. The van der Waals surface area contributed by atoms with Crippen LogP contribution in [-0.2, 0) is 19.8 Å². The fraction of sp³-hybridized carbons (Fsp3) is 0.619. The Balaban J connectivity index is 1.91. The maximum absolute atomic E-state index is 12.5. The van der Waals surface area contributed by atoms with Crippen molar-refractivity contribution >= 4 is 11.7 Å². The summed E-state index contributed by atoms with van der Waals surface area (Å²) in [4.78, 5) is 18.9. The summed E-state index contributed by atoms with van der Waals surface area (Å²) in [6.07, 6.45) is 4.45. The second-order valence-corrected chi connectivity index (χ2v) is 8.40. The van der Waals surface area contributed by atoms with Crippen molar-refractivity contribution in [1.82, 2.24) is 9.88 Å². The molecule has 6 nitrogen and oxygen atoms in total. The number of nitrogens with zero attached hydrogens (tertiary/aromatic N) is 2. The fourth-order valence-electron chi connectivity index (χ4n) is 3.64. The Bertz CT molecular complexity index is 742. The van der Waals surface area contributed by atoms with Gasteiger partial charge in [-0.3, -0.25) is 4.98 Å². The highest BCUT2D eigenvalue weighted by molar-refractivity contribution is 5.75. The lowest BCUT2D eigenvalue weighted by Crippen LogP contribution is -2.49. The minimum absolute atomic E-state index is 0.0489. The summed E-state index contributed by atoms with van der Waals surface area (Å²) in [5.74, 6) is 0. The molecule has 3 rings (SSSR count). The number of amides is 1. The molecule has 2 aliphatic heterocycles. The lowest BCUT2D eigenvalue weighted by Gasteiger charge is -2.41. The first-order valence-electron chi connectivity index (χ1n) is 9.46.